The van der Waals surface area contributed by atoms with Gasteiger partial charge in [0, 0.05) is 26.2 Å². The van der Waals surface area contributed by atoms with Crippen molar-refractivity contribution in [3.8, 4) is 5.75 Å². The van der Waals surface area contributed by atoms with Gasteiger partial charge in [0.25, 0.3) is 11.6 Å². The van der Waals surface area contributed by atoms with Gasteiger partial charge in [-0.05, 0) is 13.0 Å². The van der Waals surface area contributed by atoms with Crippen molar-refractivity contribution in [3.05, 3.63) is 33.9 Å². The molecule has 0 unspecified atom stereocenters. The first kappa shape index (κ1) is 14.6. The van der Waals surface area contributed by atoms with Gasteiger partial charge in [0.2, 0.25) is 0 Å². The van der Waals surface area contributed by atoms with Gasteiger partial charge in [-0.2, -0.15) is 0 Å². The summed E-state index contributed by atoms with van der Waals surface area (Å²) in [6.07, 6.45) is -0.329. The molecule has 7 heteroatoms. The molecule has 0 aliphatic heterocycles. The van der Waals surface area contributed by atoms with Gasteiger partial charge in [-0.1, -0.05) is 0 Å². The highest BCUT2D eigenvalue weighted by molar-refractivity contribution is 5.83. The molecule has 0 aromatic heterocycles. The zero-order chi connectivity index (χ0) is 14.6. The summed E-state index contributed by atoms with van der Waals surface area (Å²) in [7, 11) is 3.16. The van der Waals surface area contributed by atoms with Crippen LogP contribution >= 0.6 is 0 Å². The van der Waals surface area contributed by atoms with E-state index < -0.39 is 11.0 Å². The number of nitro benzene ring substituents is 1. The molecule has 1 rings (SSSR count). The highest BCUT2D eigenvalue weighted by Crippen LogP contribution is 2.23. The second kappa shape index (κ2) is 5.94. The van der Waals surface area contributed by atoms with Crippen LogP contribution < -0.4 is 4.74 Å². The van der Waals surface area contributed by atoms with E-state index in [2.05, 4.69) is 0 Å². The van der Waals surface area contributed by atoms with E-state index in [1.165, 1.54) is 17.0 Å². The lowest BCUT2D eigenvalue weighted by molar-refractivity contribution is -0.384. The number of ether oxygens (including phenoxy) is 1. The molecule has 0 saturated carbocycles. The van der Waals surface area contributed by atoms with Crippen molar-refractivity contribution < 1.29 is 19.2 Å². The van der Waals surface area contributed by atoms with Crippen LogP contribution in [0.4, 0.5) is 5.69 Å². The summed E-state index contributed by atoms with van der Waals surface area (Å²) >= 11 is 0. The number of benzene rings is 1. The molecule has 0 bridgehead atoms. The van der Waals surface area contributed by atoms with Gasteiger partial charge in [0.15, 0.2) is 12.4 Å². The molecule has 1 aromatic carbocycles. The average molecular weight is 266 g/mol. The molecule has 0 heterocycles. The number of carbonyl (C=O) groups excluding carboxylic acids is 2. The predicted molar refractivity (Wildman–Crippen MR) is 67.3 cm³/mol. The molecule has 0 spiro atoms. The fraction of sp³-hybridized carbons (Fsp3) is 0.333. The van der Waals surface area contributed by atoms with Crippen LogP contribution in [0.1, 0.15) is 17.3 Å². The lowest BCUT2D eigenvalue weighted by Gasteiger charge is -2.18. The van der Waals surface area contributed by atoms with E-state index in [0.717, 1.165) is 6.07 Å². The van der Waals surface area contributed by atoms with Crippen LogP contribution in [0.2, 0.25) is 0 Å². The summed E-state index contributed by atoms with van der Waals surface area (Å²) in [4.78, 5) is 33.9. The highest BCUT2D eigenvalue weighted by Gasteiger charge is 2.19. The third-order valence-electron chi connectivity index (χ3n) is 2.42. The minimum Gasteiger partial charge on any atom is -0.480 e. The second-order valence-electron chi connectivity index (χ2n) is 4.09. The molecule has 0 fully saturated rings. The van der Waals surface area contributed by atoms with Crippen LogP contribution in [0.25, 0.3) is 0 Å². The average Bonchev–Trinajstić information content (AvgIpc) is 2.37. The lowest BCUT2D eigenvalue weighted by atomic mass is 10.2. The van der Waals surface area contributed by atoms with Crippen molar-refractivity contribution in [2.45, 2.75) is 13.0 Å². The summed E-state index contributed by atoms with van der Waals surface area (Å²) in [6.45, 7) is 1.54. The zero-order valence-electron chi connectivity index (χ0n) is 10.8. The summed E-state index contributed by atoms with van der Waals surface area (Å²) in [5.74, 6) is -0.126. The Balaban J connectivity index is 2.98. The van der Waals surface area contributed by atoms with Gasteiger partial charge in [-0.3, -0.25) is 19.7 Å². The van der Waals surface area contributed by atoms with Crippen molar-refractivity contribution in [2.24, 2.45) is 0 Å². The Hall–Kier alpha value is -2.44. The maximum atomic E-state index is 11.6. The molecule has 0 radical (unpaired) electrons. The smallest absolute Gasteiger partial charge is 0.270 e. The lowest BCUT2D eigenvalue weighted by Crippen LogP contribution is -2.35. The summed E-state index contributed by atoms with van der Waals surface area (Å²) in [5, 5.41) is 10.6. The Morgan fingerprint density at radius 2 is 2.11 bits per heavy atom. The van der Waals surface area contributed by atoms with Crippen molar-refractivity contribution in [1.29, 1.82) is 0 Å². The van der Waals surface area contributed by atoms with Crippen LogP contribution in [0.15, 0.2) is 18.2 Å². The Kier molecular flexibility index (Phi) is 4.57. The van der Waals surface area contributed by atoms with Crippen LogP contribution in [0.3, 0.4) is 0 Å². The number of hydrogen-bond donors (Lipinski definition) is 0. The van der Waals surface area contributed by atoms with E-state index in [-0.39, 0.29) is 22.9 Å². The molecule has 1 atom stereocenters. The van der Waals surface area contributed by atoms with Crippen molar-refractivity contribution >= 4 is 17.9 Å². The van der Waals surface area contributed by atoms with Crippen LogP contribution in [0.5, 0.6) is 5.75 Å². The third-order valence-corrected chi connectivity index (χ3v) is 2.42. The Bertz CT molecular complexity index is 513. The highest BCUT2D eigenvalue weighted by atomic mass is 16.6. The number of nitro groups is 1. The van der Waals surface area contributed by atoms with E-state index in [4.69, 9.17) is 4.74 Å². The fourth-order valence-corrected chi connectivity index (χ4v) is 1.45. The summed E-state index contributed by atoms with van der Waals surface area (Å²) < 4.78 is 5.35. The third kappa shape index (κ3) is 3.51. The molecule has 0 aliphatic rings. The summed E-state index contributed by atoms with van der Waals surface area (Å²) in [6, 6.07) is 3.63. The molecule has 0 N–H and O–H groups in total. The Labute approximate surface area is 109 Å². The number of nitrogens with zero attached hydrogens (tertiary/aromatic N) is 2. The number of hydrogen-bond acceptors (Lipinski definition) is 5. The van der Waals surface area contributed by atoms with Crippen LogP contribution in [-0.2, 0) is 4.79 Å². The molecule has 19 heavy (non-hydrogen) atoms. The van der Waals surface area contributed by atoms with Gasteiger partial charge in [0.1, 0.15) is 5.75 Å². The molecular weight excluding hydrogens is 252 g/mol. The van der Waals surface area contributed by atoms with Gasteiger partial charge in [0.05, 0.1) is 10.5 Å². The van der Waals surface area contributed by atoms with Gasteiger partial charge in [-0.15, -0.1) is 0 Å². The number of amides is 1. The minimum atomic E-state index is -0.782. The molecular formula is C12H14N2O5. The number of non-ortho nitro benzene ring substituents is 1. The van der Waals surface area contributed by atoms with Crippen molar-refractivity contribution in [3.63, 3.8) is 0 Å². The monoisotopic (exact) mass is 266 g/mol. The fourth-order valence-electron chi connectivity index (χ4n) is 1.45. The van der Waals surface area contributed by atoms with Gasteiger partial charge in [-0.25, -0.2) is 0 Å². The maximum Gasteiger partial charge on any atom is 0.270 e. The molecule has 0 aliphatic carbocycles. The van der Waals surface area contributed by atoms with E-state index in [0.29, 0.717) is 6.29 Å². The molecule has 0 saturated heterocycles. The molecule has 1 aromatic rings. The molecule has 1 amide bonds. The molecule has 7 nitrogen and oxygen atoms in total. The summed E-state index contributed by atoms with van der Waals surface area (Å²) in [5.41, 5.74) is -0.173. The van der Waals surface area contributed by atoms with Crippen LogP contribution in [0, 0.1) is 10.1 Å². The van der Waals surface area contributed by atoms with E-state index in [9.17, 15) is 19.7 Å². The first-order valence-electron chi connectivity index (χ1n) is 5.48. The van der Waals surface area contributed by atoms with E-state index in [1.54, 1.807) is 21.0 Å². The SMILES string of the molecule is C[C@H](Oc1ccc([N+](=O)[O-])cc1C=O)C(=O)N(C)C. The second-order valence-corrected chi connectivity index (χ2v) is 4.09. The van der Waals surface area contributed by atoms with Gasteiger partial charge < -0.3 is 9.64 Å². The Morgan fingerprint density at radius 3 is 2.58 bits per heavy atom. The van der Waals surface area contributed by atoms with Gasteiger partial charge >= 0.3 is 0 Å². The number of likely N-dealkylation sites (N-methyl/N-ethyl adjacent to an activating group) is 1. The van der Waals surface area contributed by atoms with Crippen LogP contribution in [-0.4, -0.2) is 42.2 Å². The van der Waals surface area contributed by atoms with E-state index in [1.807, 2.05) is 0 Å². The first-order valence-corrected chi connectivity index (χ1v) is 5.48. The maximum absolute atomic E-state index is 11.6. The normalized spacial score (nSPS) is 11.5. The number of aldehydes is 1. The molecule has 102 valence electrons. The Morgan fingerprint density at radius 1 is 1.47 bits per heavy atom. The minimum absolute atomic E-state index is 0.0348. The first-order chi connectivity index (χ1) is 8.86. The standard InChI is InChI=1S/C12H14N2O5/c1-8(12(16)13(2)3)19-11-5-4-10(14(17)18)6-9(11)7-15/h4-8H,1-3H3/t8-/m0/s1. The van der Waals surface area contributed by atoms with Crippen molar-refractivity contribution in [1.82, 2.24) is 4.90 Å². The largest absolute Gasteiger partial charge is 0.480 e. The topological polar surface area (TPSA) is 89.7 Å². The predicted octanol–water partition coefficient (Wildman–Crippen LogP) is 1.26. The quantitative estimate of drug-likeness (QED) is 0.454. The van der Waals surface area contributed by atoms with Crippen molar-refractivity contribution in [2.75, 3.05) is 14.1 Å². The zero-order valence-corrected chi connectivity index (χ0v) is 10.8. The number of carbonyl (C=O) groups is 2. The number of rotatable bonds is 5. The van der Waals surface area contributed by atoms with E-state index >= 15 is 0 Å².